The van der Waals surface area contributed by atoms with Gasteiger partial charge in [-0.05, 0) is 59.2 Å². The molecule has 0 spiro atoms. The summed E-state index contributed by atoms with van der Waals surface area (Å²) in [6.07, 6.45) is 1.44. The molecule has 0 heterocycles. The molecule has 4 rings (SSSR count). The second-order valence-corrected chi connectivity index (χ2v) is 8.98. The Labute approximate surface area is 238 Å². The molecule has 0 bridgehead atoms. The summed E-state index contributed by atoms with van der Waals surface area (Å²) in [5, 5.41) is 12.5. The summed E-state index contributed by atoms with van der Waals surface area (Å²) in [5.41, 5.74) is 2.89. The Morgan fingerprint density at radius 3 is 2.17 bits per heavy atom. The Hall–Kier alpha value is -4.93. The average molecular weight is 555 g/mol. The zero-order chi connectivity index (χ0) is 28.3. The van der Waals surface area contributed by atoms with Gasteiger partial charge in [0.1, 0.15) is 24.9 Å². The number of carbonyl (C=O) groups excluding carboxylic acids is 1. The highest BCUT2D eigenvalue weighted by Crippen LogP contribution is 2.38. The van der Waals surface area contributed by atoms with Crippen LogP contribution in [0.2, 0.25) is 5.02 Å². The fraction of sp³-hybridized carbons (Fsp3) is 0.125. The quantitative estimate of drug-likeness (QED) is 0.158. The fourth-order valence-electron chi connectivity index (χ4n) is 3.81. The van der Waals surface area contributed by atoms with Gasteiger partial charge in [-0.3, -0.25) is 4.79 Å². The summed E-state index contributed by atoms with van der Waals surface area (Å²) in [7, 11) is 3.07. The maximum Gasteiger partial charge on any atom is 0.266 e. The van der Waals surface area contributed by atoms with E-state index >= 15 is 0 Å². The zero-order valence-corrected chi connectivity index (χ0v) is 22.8. The molecular formula is C32H27ClN2O5. The van der Waals surface area contributed by atoms with Crippen LogP contribution < -0.4 is 24.3 Å². The molecule has 8 heteroatoms. The molecule has 0 fully saturated rings. The number of nitrogens with one attached hydrogen (secondary N) is 1. The summed E-state index contributed by atoms with van der Waals surface area (Å²) < 4.78 is 23.0. The zero-order valence-electron chi connectivity index (χ0n) is 22.0. The van der Waals surface area contributed by atoms with E-state index in [4.69, 9.17) is 30.5 Å². The van der Waals surface area contributed by atoms with E-state index in [2.05, 4.69) is 5.32 Å². The summed E-state index contributed by atoms with van der Waals surface area (Å²) in [6, 6.07) is 29.5. The topological polar surface area (TPSA) is 89.8 Å². The van der Waals surface area contributed by atoms with Gasteiger partial charge in [-0.25, -0.2) is 0 Å². The minimum Gasteiger partial charge on any atom is -0.493 e. The number of benzene rings is 4. The van der Waals surface area contributed by atoms with Crippen LogP contribution in [0.25, 0.3) is 6.08 Å². The Kier molecular flexibility index (Phi) is 9.65. The van der Waals surface area contributed by atoms with E-state index < -0.39 is 5.91 Å². The lowest BCUT2D eigenvalue weighted by Gasteiger charge is -2.15. The van der Waals surface area contributed by atoms with E-state index in [9.17, 15) is 10.1 Å². The number of carbonyl (C=O) groups is 1. The van der Waals surface area contributed by atoms with Crippen molar-refractivity contribution in [2.45, 2.75) is 13.2 Å². The molecule has 0 aliphatic carbocycles. The monoisotopic (exact) mass is 554 g/mol. The molecule has 0 atom stereocenters. The van der Waals surface area contributed by atoms with Gasteiger partial charge >= 0.3 is 0 Å². The SMILES string of the molecule is COc1cc(COc2c(Cl)cc(/C=C(\C#N)C(=O)Nc3ccccc3)cc2OC)ccc1OCc1ccccc1. The molecule has 4 aromatic rings. The van der Waals surface area contributed by atoms with Gasteiger partial charge in [0.15, 0.2) is 23.0 Å². The van der Waals surface area contributed by atoms with Crippen molar-refractivity contribution in [2.24, 2.45) is 0 Å². The number of rotatable bonds is 11. The molecule has 0 aliphatic rings. The standard InChI is InChI=1S/C32H27ClN2O5/c1-37-29-17-23(13-14-28(29)39-20-22-9-5-3-6-10-22)21-40-31-27(33)16-24(18-30(31)38-2)15-25(19-34)32(36)35-26-11-7-4-8-12-26/h3-18H,20-21H2,1-2H3,(H,35,36)/b25-15+. The third-order valence-corrected chi connectivity index (χ3v) is 6.09. The highest BCUT2D eigenvalue weighted by molar-refractivity contribution is 6.32. The van der Waals surface area contributed by atoms with Crippen LogP contribution in [0.3, 0.4) is 0 Å². The third kappa shape index (κ3) is 7.34. The molecule has 40 heavy (non-hydrogen) atoms. The van der Waals surface area contributed by atoms with Crippen LogP contribution in [0, 0.1) is 11.3 Å². The van der Waals surface area contributed by atoms with Crippen LogP contribution in [0.5, 0.6) is 23.0 Å². The molecule has 1 N–H and O–H groups in total. The summed E-state index contributed by atoms with van der Waals surface area (Å²) >= 11 is 6.54. The summed E-state index contributed by atoms with van der Waals surface area (Å²) in [5.74, 6) is 1.35. The Morgan fingerprint density at radius 1 is 0.825 bits per heavy atom. The van der Waals surface area contributed by atoms with E-state index in [0.717, 1.165) is 11.1 Å². The number of ether oxygens (including phenoxy) is 4. The lowest BCUT2D eigenvalue weighted by Crippen LogP contribution is -2.13. The van der Waals surface area contributed by atoms with Crippen molar-refractivity contribution < 1.29 is 23.7 Å². The van der Waals surface area contributed by atoms with E-state index in [0.29, 0.717) is 40.9 Å². The van der Waals surface area contributed by atoms with Gasteiger partial charge in [0.2, 0.25) is 0 Å². The molecule has 0 aromatic heterocycles. The number of anilines is 1. The molecule has 7 nitrogen and oxygen atoms in total. The second-order valence-electron chi connectivity index (χ2n) is 8.57. The maximum absolute atomic E-state index is 12.6. The highest BCUT2D eigenvalue weighted by atomic mass is 35.5. The molecule has 0 saturated carbocycles. The van der Waals surface area contributed by atoms with Crippen molar-refractivity contribution in [1.29, 1.82) is 5.26 Å². The molecule has 0 unspecified atom stereocenters. The molecule has 1 amide bonds. The van der Waals surface area contributed by atoms with Gasteiger partial charge < -0.3 is 24.3 Å². The Morgan fingerprint density at radius 2 is 1.50 bits per heavy atom. The number of halogens is 1. The predicted molar refractivity (Wildman–Crippen MR) is 155 cm³/mol. The smallest absolute Gasteiger partial charge is 0.266 e. The second kappa shape index (κ2) is 13.7. The fourth-order valence-corrected chi connectivity index (χ4v) is 4.08. The van der Waals surface area contributed by atoms with Crippen molar-refractivity contribution >= 4 is 29.3 Å². The van der Waals surface area contributed by atoms with Crippen LogP contribution in [-0.2, 0) is 18.0 Å². The van der Waals surface area contributed by atoms with Crippen LogP contribution in [-0.4, -0.2) is 20.1 Å². The molecule has 0 aliphatic heterocycles. The van der Waals surface area contributed by atoms with Crippen LogP contribution >= 0.6 is 11.6 Å². The van der Waals surface area contributed by atoms with E-state index in [1.54, 1.807) is 43.5 Å². The van der Waals surface area contributed by atoms with Crippen molar-refractivity contribution in [2.75, 3.05) is 19.5 Å². The first kappa shape index (κ1) is 28.1. The third-order valence-electron chi connectivity index (χ3n) is 5.81. The maximum atomic E-state index is 12.6. The number of nitriles is 1. The molecule has 0 radical (unpaired) electrons. The number of para-hydroxylation sites is 1. The van der Waals surface area contributed by atoms with Crippen LogP contribution in [0.1, 0.15) is 16.7 Å². The van der Waals surface area contributed by atoms with E-state index in [-0.39, 0.29) is 17.2 Å². The first-order chi connectivity index (χ1) is 19.5. The van der Waals surface area contributed by atoms with Gasteiger partial charge in [0.05, 0.1) is 19.2 Å². The lowest BCUT2D eigenvalue weighted by molar-refractivity contribution is -0.112. The van der Waals surface area contributed by atoms with Crippen molar-refractivity contribution in [1.82, 2.24) is 0 Å². The number of hydrogen-bond acceptors (Lipinski definition) is 6. The van der Waals surface area contributed by atoms with Gasteiger partial charge in [-0.15, -0.1) is 0 Å². The highest BCUT2D eigenvalue weighted by Gasteiger charge is 2.15. The Bertz CT molecular complexity index is 1530. The van der Waals surface area contributed by atoms with Crippen molar-refractivity contribution in [3.63, 3.8) is 0 Å². The predicted octanol–water partition coefficient (Wildman–Crippen LogP) is 7.06. The minimum atomic E-state index is -0.533. The largest absolute Gasteiger partial charge is 0.493 e. The molecule has 202 valence electrons. The summed E-state index contributed by atoms with van der Waals surface area (Å²) in [4.78, 5) is 12.6. The van der Waals surface area contributed by atoms with Gasteiger partial charge in [0, 0.05) is 5.69 Å². The van der Waals surface area contributed by atoms with Gasteiger partial charge in [-0.2, -0.15) is 5.26 Å². The van der Waals surface area contributed by atoms with Gasteiger partial charge in [0.25, 0.3) is 5.91 Å². The Balaban J connectivity index is 1.46. The number of hydrogen-bond donors (Lipinski definition) is 1. The first-order valence-electron chi connectivity index (χ1n) is 12.3. The van der Waals surface area contributed by atoms with Crippen LogP contribution in [0.15, 0.2) is 96.6 Å². The number of methoxy groups -OCH3 is 2. The minimum absolute atomic E-state index is 0.0858. The van der Waals surface area contributed by atoms with Gasteiger partial charge in [-0.1, -0.05) is 66.2 Å². The van der Waals surface area contributed by atoms with E-state index in [1.165, 1.54) is 13.2 Å². The lowest BCUT2D eigenvalue weighted by atomic mass is 10.1. The number of nitrogens with zero attached hydrogens (tertiary/aromatic N) is 1. The number of amides is 1. The van der Waals surface area contributed by atoms with Crippen molar-refractivity contribution in [3.05, 3.63) is 118 Å². The first-order valence-corrected chi connectivity index (χ1v) is 12.7. The van der Waals surface area contributed by atoms with Crippen molar-refractivity contribution in [3.8, 4) is 29.1 Å². The molecular weight excluding hydrogens is 528 g/mol. The normalized spacial score (nSPS) is 10.8. The average Bonchev–Trinajstić information content (AvgIpc) is 2.99. The molecule has 0 saturated heterocycles. The van der Waals surface area contributed by atoms with E-state index in [1.807, 2.05) is 60.7 Å². The van der Waals surface area contributed by atoms with Crippen LogP contribution in [0.4, 0.5) is 5.69 Å². The molecule has 4 aromatic carbocycles. The summed E-state index contributed by atoms with van der Waals surface area (Å²) in [6.45, 7) is 0.603.